The van der Waals surface area contributed by atoms with Crippen LogP contribution in [0.15, 0.2) is 30.3 Å². The van der Waals surface area contributed by atoms with Gasteiger partial charge in [0.15, 0.2) is 0 Å². The Hall–Kier alpha value is -2.44. The lowest BCUT2D eigenvalue weighted by molar-refractivity contribution is -0.138. The van der Waals surface area contributed by atoms with Gasteiger partial charge in [-0.15, -0.1) is 0 Å². The summed E-state index contributed by atoms with van der Waals surface area (Å²) in [5.74, 6) is 0.562. The van der Waals surface area contributed by atoms with Crippen molar-refractivity contribution >= 4 is 16.9 Å². The van der Waals surface area contributed by atoms with E-state index in [0.29, 0.717) is 16.9 Å². The molecule has 1 aliphatic heterocycles. The maximum Gasteiger partial charge on any atom is 0.420 e. The van der Waals surface area contributed by atoms with Crippen LogP contribution in [-0.4, -0.2) is 18.8 Å². The van der Waals surface area contributed by atoms with Gasteiger partial charge in [-0.05, 0) is 67.0 Å². The Balaban J connectivity index is 1.60. The standard InChI is InChI=1S/C25H30F3NO3/c1-3-4-5-16-6-10-19(11-7-16)32-21-13-8-17-14-18(24(2)15-31-23(30)29-24)9-12-20(17)22(21)25(26,27)28/h8-9,12-14,16,19H,3-7,10-11,15H2,1-2H3,(H,29,30). The number of amides is 1. The number of alkyl halides is 3. The van der Waals surface area contributed by atoms with E-state index in [2.05, 4.69) is 12.2 Å². The number of hydrogen-bond donors (Lipinski definition) is 1. The van der Waals surface area contributed by atoms with Gasteiger partial charge in [0.25, 0.3) is 0 Å². The molecule has 1 saturated heterocycles. The number of rotatable bonds is 6. The van der Waals surface area contributed by atoms with Crippen LogP contribution in [-0.2, 0) is 16.5 Å². The summed E-state index contributed by atoms with van der Waals surface area (Å²) in [4.78, 5) is 11.5. The number of halogens is 3. The SMILES string of the molecule is CCCCC1CCC(Oc2ccc3cc(C4(C)COC(=O)N4)ccc3c2C(F)(F)F)CC1. The number of carbonyl (C=O) groups is 1. The highest BCUT2D eigenvalue weighted by molar-refractivity contribution is 5.89. The van der Waals surface area contributed by atoms with Gasteiger partial charge in [-0.25, -0.2) is 4.79 Å². The topological polar surface area (TPSA) is 47.6 Å². The number of hydrogen-bond acceptors (Lipinski definition) is 3. The molecule has 4 nitrogen and oxygen atoms in total. The minimum atomic E-state index is -4.54. The summed E-state index contributed by atoms with van der Waals surface area (Å²) in [6.45, 7) is 4.09. The van der Waals surface area contributed by atoms with E-state index in [1.807, 2.05) is 0 Å². The number of nitrogens with one attached hydrogen (secondary N) is 1. The van der Waals surface area contributed by atoms with Crippen molar-refractivity contribution in [3.8, 4) is 5.75 Å². The third-order valence-electron chi connectivity index (χ3n) is 6.83. The van der Waals surface area contributed by atoms with E-state index in [-0.39, 0.29) is 23.8 Å². The van der Waals surface area contributed by atoms with Crippen LogP contribution in [0.5, 0.6) is 5.75 Å². The van der Waals surface area contributed by atoms with Gasteiger partial charge >= 0.3 is 12.3 Å². The number of ether oxygens (including phenoxy) is 2. The first-order valence-electron chi connectivity index (χ1n) is 11.5. The average molecular weight is 450 g/mol. The maximum absolute atomic E-state index is 14.1. The molecule has 0 aromatic heterocycles. The smallest absolute Gasteiger partial charge is 0.420 e. The fourth-order valence-corrected chi connectivity index (χ4v) is 4.92. The molecule has 0 radical (unpaired) electrons. The molecule has 1 unspecified atom stereocenters. The Morgan fingerprint density at radius 1 is 1.16 bits per heavy atom. The minimum Gasteiger partial charge on any atom is -0.490 e. The zero-order chi connectivity index (χ0) is 22.9. The summed E-state index contributed by atoms with van der Waals surface area (Å²) in [5, 5.41) is 3.28. The molecular weight excluding hydrogens is 419 g/mol. The zero-order valence-electron chi connectivity index (χ0n) is 18.6. The molecule has 4 rings (SSSR count). The van der Waals surface area contributed by atoms with Crippen LogP contribution >= 0.6 is 0 Å². The number of cyclic esters (lactones) is 1. The van der Waals surface area contributed by atoms with E-state index in [1.165, 1.54) is 31.4 Å². The Morgan fingerprint density at radius 3 is 2.53 bits per heavy atom. The van der Waals surface area contributed by atoms with Gasteiger partial charge in [-0.2, -0.15) is 13.2 Å². The van der Waals surface area contributed by atoms with Crippen LogP contribution in [0.2, 0.25) is 0 Å². The van der Waals surface area contributed by atoms with Crippen molar-refractivity contribution in [2.75, 3.05) is 6.61 Å². The molecule has 2 aromatic rings. The summed E-state index contributed by atoms with van der Waals surface area (Å²) in [6, 6.07) is 7.87. The number of alkyl carbamates (subject to hydrolysis) is 1. The fraction of sp³-hybridized carbons (Fsp3) is 0.560. The summed E-state index contributed by atoms with van der Waals surface area (Å²) in [7, 11) is 0. The third kappa shape index (κ3) is 4.66. The second kappa shape index (κ2) is 8.83. The Labute approximate surface area is 186 Å². The molecule has 174 valence electrons. The Bertz CT molecular complexity index is 982. The first kappa shape index (κ1) is 22.7. The van der Waals surface area contributed by atoms with Gasteiger partial charge in [0.2, 0.25) is 0 Å². The first-order chi connectivity index (χ1) is 15.2. The number of benzene rings is 2. The molecule has 0 bridgehead atoms. The van der Waals surface area contributed by atoms with E-state index >= 15 is 0 Å². The normalized spacial score (nSPS) is 26.1. The van der Waals surface area contributed by atoms with Crippen molar-refractivity contribution in [2.45, 2.75) is 76.6 Å². The fourth-order valence-electron chi connectivity index (χ4n) is 4.92. The van der Waals surface area contributed by atoms with Crippen LogP contribution in [0.25, 0.3) is 10.8 Å². The molecule has 1 N–H and O–H groups in total. The first-order valence-corrected chi connectivity index (χ1v) is 11.5. The monoisotopic (exact) mass is 449 g/mol. The summed E-state index contributed by atoms with van der Waals surface area (Å²) < 4.78 is 53.3. The molecule has 1 heterocycles. The molecule has 1 saturated carbocycles. The Morgan fingerprint density at radius 2 is 1.91 bits per heavy atom. The van der Waals surface area contributed by atoms with Gasteiger partial charge in [-0.1, -0.05) is 44.4 Å². The molecule has 7 heteroatoms. The largest absolute Gasteiger partial charge is 0.490 e. The second-order valence-electron chi connectivity index (χ2n) is 9.31. The molecule has 2 fully saturated rings. The van der Waals surface area contributed by atoms with Gasteiger partial charge in [0.05, 0.1) is 11.6 Å². The molecule has 2 aliphatic rings. The van der Waals surface area contributed by atoms with E-state index in [0.717, 1.165) is 25.7 Å². The quantitative estimate of drug-likeness (QED) is 0.520. The summed E-state index contributed by atoms with van der Waals surface area (Å²) >= 11 is 0. The summed E-state index contributed by atoms with van der Waals surface area (Å²) in [6.07, 6.45) is 1.92. The van der Waals surface area contributed by atoms with Gasteiger partial charge in [0.1, 0.15) is 17.9 Å². The molecule has 1 atom stereocenters. The molecule has 1 amide bonds. The highest BCUT2D eigenvalue weighted by atomic mass is 19.4. The lowest BCUT2D eigenvalue weighted by Crippen LogP contribution is -2.37. The third-order valence-corrected chi connectivity index (χ3v) is 6.83. The van der Waals surface area contributed by atoms with Crippen LogP contribution in [0.4, 0.5) is 18.0 Å². The lowest BCUT2D eigenvalue weighted by Gasteiger charge is -2.30. The van der Waals surface area contributed by atoms with E-state index in [4.69, 9.17) is 9.47 Å². The second-order valence-corrected chi connectivity index (χ2v) is 9.31. The van der Waals surface area contributed by atoms with Crippen molar-refractivity contribution in [1.82, 2.24) is 5.32 Å². The highest BCUT2D eigenvalue weighted by Crippen LogP contribution is 2.43. The molecular formula is C25H30F3NO3. The minimum absolute atomic E-state index is 0.0986. The van der Waals surface area contributed by atoms with E-state index in [1.54, 1.807) is 25.1 Å². The van der Waals surface area contributed by atoms with Crippen molar-refractivity contribution in [3.63, 3.8) is 0 Å². The molecule has 2 aromatic carbocycles. The molecule has 32 heavy (non-hydrogen) atoms. The van der Waals surface area contributed by atoms with Crippen molar-refractivity contribution < 1.29 is 27.4 Å². The van der Waals surface area contributed by atoms with Crippen LogP contribution in [0.3, 0.4) is 0 Å². The van der Waals surface area contributed by atoms with Crippen molar-refractivity contribution in [1.29, 1.82) is 0 Å². The van der Waals surface area contributed by atoms with Crippen molar-refractivity contribution in [3.05, 3.63) is 41.5 Å². The van der Waals surface area contributed by atoms with Gasteiger partial charge in [-0.3, -0.25) is 0 Å². The Kier molecular flexibility index (Phi) is 6.28. The van der Waals surface area contributed by atoms with Gasteiger partial charge in [0, 0.05) is 0 Å². The number of unbranched alkanes of at least 4 members (excludes halogenated alkanes) is 1. The number of carbonyl (C=O) groups excluding carboxylic acids is 1. The van der Waals surface area contributed by atoms with Crippen LogP contribution in [0.1, 0.15) is 69.9 Å². The molecule has 1 aliphatic carbocycles. The van der Waals surface area contributed by atoms with E-state index in [9.17, 15) is 18.0 Å². The number of fused-ring (bicyclic) bond motifs is 1. The predicted molar refractivity (Wildman–Crippen MR) is 117 cm³/mol. The predicted octanol–water partition coefficient (Wildman–Crippen LogP) is 6.94. The zero-order valence-corrected chi connectivity index (χ0v) is 18.6. The van der Waals surface area contributed by atoms with Crippen LogP contribution in [0, 0.1) is 5.92 Å². The van der Waals surface area contributed by atoms with Crippen molar-refractivity contribution in [2.24, 2.45) is 5.92 Å². The summed E-state index contributed by atoms with van der Waals surface area (Å²) in [5.41, 5.74) is -0.801. The highest BCUT2D eigenvalue weighted by Gasteiger charge is 2.39. The van der Waals surface area contributed by atoms with Gasteiger partial charge < -0.3 is 14.8 Å². The lowest BCUT2D eigenvalue weighted by atomic mass is 9.84. The molecule has 0 spiro atoms. The van der Waals surface area contributed by atoms with Crippen LogP contribution < -0.4 is 10.1 Å². The average Bonchev–Trinajstić information content (AvgIpc) is 3.11. The van der Waals surface area contributed by atoms with E-state index < -0.39 is 23.4 Å². The maximum atomic E-state index is 14.1.